The Morgan fingerprint density at radius 1 is 0.491 bits per heavy atom. The Hall–Kier alpha value is -6.83. The number of thiophene rings is 1. The topological polar surface area (TPSA) is 66.4 Å². The van der Waals surface area contributed by atoms with E-state index in [0.717, 1.165) is 50.8 Å². The zero-order valence-corrected chi connectivity index (χ0v) is 30.7. The molecule has 0 saturated heterocycles. The van der Waals surface area contributed by atoms with Crippen molar-refractivity contribution in [3.63, 3.8) is 0 Å². The molecule has 0 unspecified atom stereocenters. The van der Waals surface area contributed by atoms with Gasteiger partial charge in [0.15, 0.2) is 17.5 Å². The number of nitrogens with zero attached hydrogens (tertiary/aromatic N) is 3. The molecule has 0 fully saturated rings. The maximum atomic E-state index is 7.04. The molecule has 0 bridgehead atoms. The zero-order chi connectivity index (χ0) is 36.7. The van der Waals surface area contributed by atoms with Crippen LogP contribution in [0.1, 0.15) is 22.3 Å². The van der Waals surface area contributed by atoms with E-state index in [1.165, 1.54) is 42.4 Å². The third kappa shape index (κ3) is 4.57. The van der Waals surface area contributed by atoms with E-state index in [1.54, 1.807) is 14.2 Å². The molecular weight excluding hydrogens is 699 g/mol. The molecule has 7 aromatic carbocycles. The summed E-state index contributed by atoms with van der Waals surface area (Å²) in [4.78, 5) is 15.3. The summed E-state index contributed by atoms with van der Waals surface area (Å²) in [5.41, 5.74) is 8.97. The number of benzene rings is 7. The molecule has 6 nitrogen and oxygen atoms in total. The summed E-state index contributed by atoms with van der Waals surface area (Å²) in [5, 5.41) is 2.58. The lowest BCUT2D eigenvalue weighted by Crippen LogP contribution is -2.32. The minimum Gasteiger partial charge on any atom is -0.497 e. The van der Waals surface area contributed by atoms with E-state index in [4.69, 9.17) is 29.2 Å². The number of aromatic nitrogens is 3. The molecule has 1 atom stereocenters. The maximum absolute atomic E-state index is 7.04. The van der Waals surface area contributed by atoms with Gasteiger partial charge in [-0.2, -0.15) is 0 Å². The molecule has 2 aromatic heterocycles. The molecule has 11 rings (SSSR count). The number of rotatable bonds is 5. The number of hydrogen-bond donors (Lipinski definition) is 0. The highest BCUT2D eigenvalue weighted by molar-refractivity contribution is 7.26. The molecule has 9 aromatic rings. The fraction of sp³-hybridized carbons (Fsp3) is 0.0625. The van der Waals surface area contributed by atoms with Gasteiger partial charge in [0.2, 0.25) is 0 Å². The normalized spacial score (nSPS) is 14.9. The van der Waals surface area contributed by atoms with Crippen LogP contribution < -0.4 is 14.2 Å². The van der Waals surface area contributed by atoms with Crippen LogP contribution in [0.2, 0.25) is 0 Å². The zero-order valence-electron chi connectivity index (χ0n) is 29.9. The van der Waals surface area contributed by atoms with Crippen molar-refractivity contribution in [2.75, 3.05) is 14.2 Å². The SMILES string of the molecule is COc1ccc(-c2nc(-c3ccc(OC)cc3)nc(-c3cccc4c3Oc3ccccc3[C@@]43c4ccccc4-c4c3ccc3sc5ccccc5c43)n2)cc1. The van der Waals surface area contributed by atoms with E-state index < -0.39 is 5.41 Å². The number of para-hydroxylation sites is 2. The minimum absolute atomic E-state index is 0.517. The van der Waals surface area contributed by atoms with Crippen LogP contribution in [0.3, 0.4) is 0 Å². The van der Waals surface area contributed by atoms with Gasteiger partial charge in [-0.3, -0.25) is 0 Å². The number of hydrogen-bond acceptors (Lipinski definition) is 7. The second-order valence-electron chi connectivity index (χ2n) is 13.8. The van der Waals surface area contributed by atoms with E-state index >= 15 is 0 Å². The van der Waals surface area contributed by atoms with Gasteiger partial charge < -0.3 is 14.2 Å². The van der Waals surface area contributed by atoms with Crippen LogP contribution in [0.25, 0.3) is 65.5 Å². The van der Waals surface area contributed by atoms with E-state index in [9.17, 15) is 0 Å². The first-order chi connectivity index (χ1) is 27.1. The first kappa shape index (κ1) is 31.7. The first-order valence-electron chi connectivity index (χ1n) is 18.2. The molecule has 0 N–H and O–H groups in total. The second kappa shape index (κ2) is 12.1. The van der Waals surface area contributed by atoms with Gasteiger partial charge >= 0.3 is 0 Å². The van der Waals surface area contributed by atoms with E-state index in [2.05, 4.69) is 97.1 Å². The lowest BCUT2D eigenvalue weighted by molar-refractivity contribution is 0.415. The third-order valence-electron chi connectivity index (χ3n) is 11.0. The number of ether oxygens (including phenoxy) is 3. The second-order valence-corrected chi connectivity index (χ2v) is 14.9. The van der Waals surface area contributed by atoms with Crippen molar-refractivity contribution in [1.82, 2.24) is 15.0 Å². The fourth-order valence-electron chi connectivity index (χ4n) is 8.64. The molecule has 1 spiro atoms. The van der Waals surface area contributed by atoms with Crippen molar-refractivity contribution in [3.05, 3.63) is 174 Å². The highest BCUT2D eigenvalue weighted by atomic mass is 32.1. The van der Waals surface area contributed by atoms with Gasteiger partial charge in [-0.05, 0) is 95.1 Å². The van der Waals surface area contributed by atoms with Gasteiger partial charge in [0.25, 0.3) is 0 Å². The van der Waals surface area contributed by atoms with Crippen molar-refractivity contribution in [2.45, 2.75) is 5.41 Å². The Morgan fingerprint density at radius 3 is 1.82 bits per heavy atom. The Balaban J connectivity index is 1.20. The summed E-state index contributed by atoms with van der Waals surface area (Å²) in [6.07, 6.45) is 0. The van der Waals surface area contributed by atoms with Crippen molar-refractivity contribution in [2.24, 2.45) is 0 Å². The van der Waals surface area contributed by atoms with Gasteiger partial charge in [-0.15, -0.1) is 11.3 Å². The minimum atomic E-state index is -0.659. The first-order valence-corrected chi connectivity index (χ1v) is 19.0. The molecule has 0 amide bonds. The predicted molar refractivity (Wildman–Crippen MR) is 220 cm³/mol. The Labute approximate surface area is 321 Å². The van der Waals surface area contributed by atoms with Crippen molar-refractivity contribution in [3.8, 4) is 68.3 Å². The Bertz CT molecular complexity index is 2930. The van der Waals surface area contributed by atoms with Gasteiger partial charge in [0, 0.05) is 42.4 Å². The van der Waals surface area contributed by atoms with Crippen LogP contribution in [0.4, 0.5) is 0 Å². The van der Waals surface area contributed by atoms with Gasteiger partial charge in [0.1, 0.15) is 23.0 Å². The van der Waals surface area contributed by atoms with Crippen LogP contribution in [0.15, 0.2) is 152 Å². The maximum Gasteiger partial charge on any atom is 0.167 e. The third-order valence-corrected chi connectivity index (χ3v) is 12.2. The Morgan fingerprint density at radius 2 is 1.09 bits per heavy atom. The average molecular weight is 730 g/mol. The van der Waals surface area contributed by atoms with Crippen LogP contribution in [0, 0.1) is 0 Å². The van der Waals surface area contributed by atoms with E-state index in [0.29, 0.717) is 17.5 Å². The van der Waals surface area contributed by atoms with Crippen LogP contribution in [-0.2, 0) is 5.41 Å². The predicted octanol–water partition coefficient (Wildman–Crippen LogP) is 11.7. The summed E-state index contributed by atoms with van der Waals surface area (Å²) < 4.78 is 20.5. The average Bonchev–Trinajstić information content (AvgIpc) is 3.77. The molecule has 2 aliphatic rings. The molecule has 1 aliphatic carbocycles. The molecular formula is C48H31N3O3S. The molecule has 3 heterocycles. The van der Waals surface area contributed by atoms with Crippen molar-refractivity contribution >= 4 is 31.5 Å². The van der Waals surface area contributed by atoms with Crippen molar-refractivity contribution < 1.29 is 14.2 Å². The lowest BCUT2D eigenvalue weighted by Gasteiger charge is -2.40. The number of methoxy groups -OCH3 is 2. The van der Waals surface area contributed by atoms with E-state index in [1.807, 2.05) is 65.9 Å². The highest BCUT2D eigenvalue weighted by Crippen LogP contribution is 2.64. The van der Waals surface area contributed by atoms with Gasteiger partial charge in [0.05, 0.1) is 25.2 Å². The molecule has 55 heavy (non-hydrogen) atoms. The number of fused-ring (bicyclic) bond motifs is 13. The van der Waals surface area contributed by atoms with Crippen molar-refractivity contribution in [1.29, 1.82) is 0 Å². The van der Waals surface area contributed by atoms with Gasteiger partial charge in [-0.1, -0.05) is 78.9 Å². The van der Waals surface area contributed by atoms with Crippen LogP contribution in [0.5, 0.6) is 23.0 Å². The van der Waals surface area contributed by atoms with Gasteiger partial charge in [-0.25, -0.2) is 15.0 Å². The summed E-state index contributed by atoms with van der Waals surface area (Å²) in [7, 11) is 3.32. The highest BCUT2D eigenvalue weighted by Gasteiger charge is 2.52. The fourth-order valence-corrected chi connectivity index (χ4v) is 9.75. The summed E-state index contributed by atoms with van der Waals surface area (Å²) in [6, 6.07) is 52.7. The largest absolute Gasteiger partial charge is 0.497 e. The molecule has 1 aliphatic heterocycles. The molecule has 7 heteroatoms. The quantitative estimate of drug-likeness (QED) is 0.176. The standard InChI is InChI=1S/C48H31N3O3S/c1-52-30-22-18-28(19-23-30)45-49-46(29-20-24-31(53-2)25-21-29)51-47(50-45)34-12-9-15-38-44(34)54-39-16-7-6-14-36(39)48(38)35-13-5-3-10-32(35)42-37(48)26-27-41-43(42)33-11-4-8-17-40(33)55-41/h3-27H,1-2H3/t48-/m1/s1. The van der Waals surface area contributed by atoms with E-state index in [-0.39, 0.29) is 0 Å². The lowest BCUT2D eigenvalue weighted by atomic mass is 9.65. The monoisotopic (exact) mass is 729 g/mol. The van der Waals surface area contributed by atoms with Crippen LogP contribution in [-0.4, -0.2) is 29.2 Å². The smallest absolute Gasteiger partial charge is 0.167 e. The molecule has 262 valence electrons. The van der Waals surface area contributed by atoms with Crippen LogP contribution >= 0.6 is 11.3 Å². The Kier molecular flexibility index (Phi) is 6.97. The summed E-state index contributed by atoms with van der Waals surface area (Å²) in [5.74, 6) is 4.66. The summed E-state index contributed by atoms with van der Waals surface area (Å²) in [6.45, 7) is 0. The molecule has 0 radical (unpaired) electrons. The molecule has 0 saturated carbocycles. The summed E-state index contributed by atoms with van der Waals surface area (Å²) >= 11 is 1.85.